The topological polar surface area (TPSA) is 85.5 Å². The first-order valence-electron chi connectivity index (χ1n) is 7.85. The molecule has 0 spiro atoms. The van der Waals surface area contributed by atoms with Crippen LogP contribution in [0.5, 0.6) is 0 Å². The van der Waals surface area contributed by atoms with Gasteiger partial charge in [0.25, 0.3) is 0 Å². The first kappa shape index (κ1) is 17.8. The lowest BCUT2D eigenvalue weighted by Gasteiger charge is -2.37. The first-order chi connectivity index (χ1) is 11.9. The highest BCUT2D eigenvalue weighted by atomic mass is 35.5. The molecule has 25 heavy (non-hydrogen) atoms. The Balaban J connectivity index is 1.99. The van der Waals surface area contributed by atoms with Crippen molar-refractivity contribution in [3.8, 4) is 10.6 Å². The van der Waals surface area contributed by atoms with Gasteiger partial charge >= 0.3 is 12.4 Å². The lowest BCUT2D eigenvalue weighted by atomic mass is 9.91. The standard InChI is InChI=1S/C17H18ClN3O3S/c1-17(19)6-8-21(9-7-17)15-13(16(23)24-10-22)20-14(25-15)11-4-2-3-5-12(11)18/h2-5,10H,6-9,19H2,1H3. The van der Waals surface area contributed by atoms with E-state index in [-0.39, 0.29) is 17.7 Å². The maximum atomic E-state index is 12.2. The molecule has 0 unspecified atom stereocenters. The van der Waals surface area contributed by atoms with Crippen molar-refractivity contribution in [1.29, 1.82) is 0 Å². The number of carbonyl (C=O) groups excluding carboxylic acids is 2. The van der Waals surface area contributed by atoms with E-state index in [1.807, 2.05) is 25.1 Å². The van der Waals surface area contributed by atoms with Gasteiger partial charge in [0.05, 0.1) is 5.02 Å². The predicted octanol–water partition coefficient (Wildman–Crippen LogP) is 3.09. The number of esters is 1. The van der Waals surface area contributed by atoms with Crippen LogP contribution in [0.3, 0.4) is 0 Å². The Bertz CT molecular complexity index is 796. The summed E-state index contributed by atoms with van der Waals surface area (Å²) in [5.41, 5.74) is 6.84. The molecule has 2 heterocycles. The van der Waals surface area contributed by atoms with E-state index in [1.165, 1.54) is 11.3 Å². The average Bonchev–Trinajstić information content (AvgIpc) is 3.00. The Labute approximate surface area is 154 Å². The highest BCUT2D eigenvalue weighted by molar-refractivity contribution is 7.19. The van der Waals surface area contributed by atoms with Crippen LogP contribution >= 0.6 is 22.9 Å². The minimum Gasteiger partial charge on any atom is -0.391 e. The van der Waals surface area contributed by atoms with Crippen molar-refractivity contribution in [1.82, 2.24) is 4.98 Å². The number of halogens is 1. The van der Waals surface area contributed by atoms with Crippen LogP contribution in [0, 0.1) is 0 Å². The third-order valence-corrected chi connectivity index (χ3v) is 5.73. The maximum absolute atomic E-state index is 12.2. The molecule has 3 rings (SSSR count). The van der Waals surface area contributed by atoms with Gasteiger partial charge in [-0.3, -0.25) is 4.79 Å². The lowest BCUT2D eigenvalue weighted by molar-refractivity contribution is -0.123. The minimum atomic E-state index is -0.763. The summed E-state index contributed by atoms with van der Waals surface area (Å²) in [6, 6.07) is 7.29. The normalized spacial score (nSPS) is 16.5. The zero-order valence-electron chi connectivity index (χ0n) is 13.7. The molecule has 1 aliphatic rings. The number of rotatable bonds is 4. The third kappa shape index (κ3) is 3.84. The summed E-state index contributed by atoms with van der Waals surface area (Å²) >= 11 is 7.61. The quantitative estimate of drug-likeness (QED) is 0.499. The fourth-order valence-corrected chi connectivity index (χ4v) is 4.16. The summed E-state index contributed by atoms with van der Waals surface area (Å²) in [5.74, 6) is -0.763. The molecule has 8 heteroatoms. The number of hydrogen-bond donors (Lipinski definition) is 1. The second-order valence-electron chi connectivity index (χ2n) is 6.30. The molecule has 0 aliphatic carbocycles. The fourth-order valence-electron chi connectivity index (χ4n) is 2.73. The zero-order valence-corrected chi connectivity index (χ0v) is 15.3. The molecule has 1 fully saturated rings. The van der Waals surface area contributed by atoms with Gasteiger partial charge in [0.1, 0.15) is 10.0 Å². The number of nitrogens with zero attached hydrogens (tertiary/aromatic N) is 2. The van der Waals surface area contributed by atoms with E-state index in [0.717, 1.165) is 18.4 Å². The van der Waals surface area contributed by atoms with Crippen LogP contribution in [-0.2, 0) is 9.53 Å². The molecular weight excluding hydrogens is 362 g/mol. The summed E-state index contributed by atoms with van der Waals surface area (Å²) < 4.78 is 4.52. The van der Waals surface area contributed by atoms with Gasteiger partial charge in [-0.15, -0.1) is 0 Å². The number of aromatic nitrogens is 1. The number of thiazole rings is 1. The molecule has 1 saturated heterocycles. The Morgan fingerprint density at radius 2 is 2.08 bits per heavy atom. The van der Waals surface area contributed by atoms with Gasteiger partial charge in [0.15, 0.2) is 5.69 Å². The number of piperidine rings is 1. The largest absolute Gasteiger partial charge is 0.391 e. The van der Waals surface area contributed by atoms with Crippen molar-refractivity contribution in [3.63, 3.8) is 0 Å². The van der Waals surface area contributed by atoms with Gasteiger partial charge in [0.2, 0.25) is 0 Å². The monoisotopic (exact) mass is 379 g/mol. The van der Waals surface area contributed by atoms with Crippen molar-refractivity contribution >= 4 is 40.4 Å². The van der Waals surface area contributed by atoms with E-state index in [2.05, 4.69) is 14.6 Å². The summed E-state index contributed by atoms with van der Waals surface area (Å²) in [4.78, 5) is 29.2. The molecule has 1 aromatic heterocycles. The number of ether oxygens (including phenoxy) is 1. The Hall–Kier alpha value is -1.96. The van der Waals surface area contributed by atoms with E-state index in [0.29, 0.717) is 28.1 Å². The number of nitrogens with two attached hydrogens (primary N) is 1. The number of hydrogen-bond acceptors (Lipinski definition) is 7. The molecule has 2 aromatic rings. The van der Waals surface area contributed by atoms with Gasteiger partial charge < -0.3 is 15.4 Å². The van der Waals surface area contributed by atoms with E-state index in [1.54, 1.807) is 6.07 Å². The van der Waals surface area contributed by atoms with Crippen LogP contribution < -0.4 is 10.6 Å². The average molecular weight is 380 g/mol. The molecule has 0 amide bonds. The smallest absolute Gasteiger partial charge is 0.367 e. The summed E-state index contributed by atoms with van der Waals surface area (Å²) in [7, 11) is 0. The second kappa shape index (κ2) is 7.11. The number of carbonyl (C=O) groups is 2. The van der Waals surface area contributed by atoms with Crippen molar-refractivity contribution in [2.45, 2.75) is 25.3 Å². The first-order valence-corrected chi connectivity index (χ1v) is 9.05. The molecule has 0 atom stereocenters. The van der Waals surface area contributed by atoms with E-state index in [4.69, 9.17) is 17.3 Å². The molecule has 2 N–H and O–H groups in total. The summed E-state index contributed by atoms with van der Waals surface area (Å²) in [6.07, 6.45) is 1.60. The third-order valence-electron chi connectivity index (χ3n) is 4.25. The Kier molecular flexibility index (Phi) is 5.08. The van der Waals surface area contributed by atoms with Gasteiger partial charge in [-0.2, -0.15) is 0 Å². The van der Waals surface area contributed by atoms with Crippen LogP contribution in [0.25, 0.3) is 10.6 Å². The molecular formula is C17H18ClN3O3S. The Morgan fingerprint density at radius 1 is 1.40 bits per heavy atom. The van der Waals surface area contributed by atoms with Crippen molar-refractivity contribution in [3.05, 3.63) is 35.0 Å². The molecule has 0 saturated carbocycles. The van der Waals surface area contributed by atoms with Crippen LogP contribution in [0.2, 0.25) is 5.02 Å². The Morgan fingerprint density at radius 3 is 2.72 bits per heavy atom. The minimum absolute atomic E-state index is 0.119. The number of anilines is 1. The summed E-state index contributed by atoms with van der Waals surface area (Å²) in [6.45, 7) is 3.55. The van der Waals surface area contributed by atoms with Gasteiger partial charge in [-0.05, 0) is 25.8 Å². The molecule has 0 radical (unpaired) electrons. The van der Waals surface area contributed by atoms with Crippen LogP contribution in [-0.4, -0.2) is 36.1 Å². The van der Waals surface area contributed by atoms with Crippen LogP contribution in [0.15, 0.2) is 24.3 Å². The lowest BCUT2D eigenvalue weighted by Crippen LogP contribution is -2.48. The SMILES string of the molecule is CC1(N)CCN(c2sc(-c3ccccc3Cl)nc2C(=O)OC=O)CC1. The van der Waals surface area contributed by atoms with Gasteiger partial charge in [0, 0.05) is 24.2 Å². The highest BCUT2D eigenvalue weighted by Crippen LogP contribution is 2.39. The summed E-state index contributed by atoms with van der Waals surface area (Å²) in [5, 5.41) is 1.84. The zero-order chi connectivity index (χ0) is 18.0. The predicted molar refractivity (Wildman–Crippen MR) is 98.1 cm³/mol. The molecule has 1 aliphatic heterocycles. The molecule has 6 nitrogen and oxygen atoms in total. The van der Waals surface area contributed by atoms with Crippen molar-refractivity contribution in [2.24, 2.45) is 5.73 Å². The fraction of sp³-hybridized carbons (Fsp3) is 0.353. The van der Waals surface area contributed by atoms with Gasteiger partial charge in [-0.25, -0.2) is 9.78 Å². The van der Waals surface area contributed by atoms with Gasteiger partial charge in [-0.1, -0.05) is 41.1 Å². The molecule has 0 bridgehead atoms. The van der Waals surface area contributed by atoms with Crippen molar-refractivity contribution < 1.29 is 14.3 Å². The highest BCUT2D eigenvalue weighted by Gasteiger charge is 2.31. The van der Waals surface area contributed by atoms with Crippen molar-refractivity contribution in [2.75, 3.05) is 18.0 Å². The molecule has 1 aromatic carbocycles. The number of benzene rings is 1. The maximum Gasteiger partial charge on any atom is 0.367 e. The molecule has 132 valence electrons. The van der Waals surface area contributed by atoms with E-state index in [9.17, 15) is 9.59 Å². The second-order valence-corrected chi connectivity index (χ2v) is 7.68. The van der Waals surface area contributed by atoms with E-state index < -0.39 is 5.97 Å². The van der Waals surface area contributed by atoms with Crippen LogP contribution in [0.4, 0.5) is 5.00 Å². The van der Waals surface area contributed by atoms with E-state index >= 15 is 0 Å². The van der Waals surface area contributed by atoms with Crippen LogP contribution in [0.1, 0.15) is 30.3 Å².